The Bertz CT molecular complexity index is 1610. The number of carbonyl (C=O) groups excluding carboxylic acids is 1. The van der Waals surface area contributed by atoms with Gasteiger partial charge in [-0.15, -0.1) is 0 Å². The van der Waals surface area contributed by atoms with Crippen LogP contribution in [0.5, 0.6) is 0 Å². The van der Waals surface area contributed by atoms with Crippen LogP contribution in [0.25, 0.3) is 22.1 Å². The van der Waals surface area contributed by atoms with Gasteiger partial charge in [-0.25, -0.2) is 23.2 Å². The summed E-state index contributed by atoms with van der Waals surface area (Å²) in [4.78, 5) is 39.0. The predicted octanol–water partition coefficient (Wildman–Crippen LogP) is 3.68. The maximum Gasteiger partial charge on any atom is 0.410 e. The van der Waals surface area contributed by atoms with Crippen molar-refractivity contribution in [3.05, 3.63) is 59.3 Å². The number of piperidine rings is 1. The Morgan fingerprint density at radius 1 is 1.08 bits per heavy atom. The fraction of sp³-hybridized carbons (Fsp3) is 0.360. The topological polar surface area (TPSA) is 127 Å². The van der Waals surface area contributed by atoms with Crippen molar-refractivity contribution in [3.8, 4) is 0 Å². The van der Waals surface area contributed by atoms with Gasteiger partial charge in [-0.1, -0.05) is 18.2 Å². The van der Waals surface area contributed by atoms with Gasteiger partial charge in [0.15, 0.2) is 0 Å². The molecule has 3 aromatic heterocycles. The highest BCUT2D eigenvalue weighted by atomic mass is 32.2. The number of hydrogen-bond donors (Lipinski definition) is 1. The van der Waals surface area contributed by atoms with E-state index in [2.05, 4.69) is 15.0 Å². The second kappa shape index (κ2) is 8.74. The fourth-order valence-electron chi connectivity index (χ4n) is 4.61. The van der Waals surface area contributed by atoms with Gasteiger partial charge in [0.2, 0.25) is 9.84 Å². The number of ether oxygens (including phenoxy) is 1. The molecule has 0 aliphatic carbocycles. The van der Waals surface area contributed by atoms with Crippen molar-refractivity contribution >= 4 is 38.0 Å². The molecule has 0 atom stereocenters. The van der Waals surface area contributed by atoms with Gasteiger partial charge in [-0.2, -0.15) is 0 Å². The minimum Gasteiger partial charge on any atom is -0.444 e. The molecule has 0 spiro atoms. The number of pyridine rings is 1. The minimum absolute atomic E-state index is 0.0362. The molecule has 4 heterocycles. The number of carbonyl (C=O) groups is 1. The first kappa shape index (κ1) is 24.0. The first-order valence-corrected chi connectivity index (χ1v) is 13.2. The number of hydrogen-bond acceptors (Lipinski definition) is 7. The molecule has 5 rings (SSSR count). The molecular weight excluding hydrogens is 482 g/mol. The number of sulfone groups is 1. The molecule has 1 aromatic carbocycles. The molecule has 0 bridgehead atoms. The molecule has 11 heteroatoms. The zero-order valence-corrected chi connectivity index (χ0v) is 21.1. The van der Waals surface area contributed by atoms with E-state index in [0.717, 1.165) is 0 Å². The van der Waals surface area contributed by atoms with Gasteiger partial charge >= 0.3 is 6.09 Å². The normalized spacial score (nSPS) is 15.5. The lowest BCUT2D eigenvalue weighted by Crippen LogP contribution is -2.43. The Labute approximate surface area is 207 Å². The summed E-state index contributed by atoms with van der Waals surface area (Å²) in [5.74, 6) is 0. The molecule has 1 fully saturated rings. The van der Waals surface area contributed by atoms with Crippen LogP contribution < -0.4 is 5.56 Å². The van der Waals surface area contributed by atoms with E-state index < -0.39 is 15.4 Å². The fourth-order valence-corrected chi connectivity index (χ4v) is 6.06. The monoisotopic (exact) mass is 509 g/mol. The first-order valence-electron chi connectivity index (χ1n) is 11.7. The predicted molar refractivity (Wildman–Crippen MR) is 134 cm³/mol. The summed E-state index contributed by atoms with van der Waals surface area (Å²) in [6.45, 7) is 6.27. The van der Waals surface area contributed by atoms with Crippen molar-refractivity contribution in [1.29, 1.82) is 0 Å². The lowest BCUT2D eigenvalue weighted by Gasteiger charge is -2.34. The molecule has 1 aliphatic rings. The van der Waals surface area contributed by atoms with Crippen molar-refractivity contribution in [1.82, 2.24) is 24.4 Å². The zero-order chi connectivity index (χ0) is 25.7. The third kappa shape index (κ3) is 4.23. The maximum atomic E-state index is 13.5. The molecule has 0 saturated carbocycles. The summed E-state index contributed by atoms with van der Waals surface area (Å²) < 4.78 is 34.2. The average molecular weight is 510 g/mol. The SMILES string of the molecule is CC(C)(C)OC(=O)N1CCC(n2c(=O)cnc3cnc4[nH]cc(S(=O)(=O)c5ccccc5)c4c32)CC1. The summed E-state index contributed by atoms with van der Waals surface area (Å²) in [6, 6.07) is 7.88. The first-order chi connectivity index (χ1) is 17.1. The van der Waals surface area contributed by atoms with Crippen LogP contribution in [-0.2, 0) is 14.6 Å². The summed E-state index contributed by atoms with van der Waals surface area (Å²) in [7, 11) is -3.90. The number of aromatic amines is 1. The van der Waals surface area contributed by atoms with Crippen LogP contribution in [0.3, 0.4) is 0 Å². The molecule has 10 nitrogen and oxygen atoms in total. The van der Waals surface area contributed by atoms with Gasteiger partial charge in [0.05, 0.1) is 28.2 Å². The van der Waals surface area contributed by atoms with E-state index in [1.807, 2.05) is 20.8 Å². The van der Waals surface area contributed by atoms with Gasteiger partial charge in [-0.05, 0) is 45.7 Å². The second-order valence-electron chi connectivity index (χ2n) is 9.85. The third-order valence-electron chi connectivity index (χ3n) is 6.24. The van der Waals surface area contributed by atoms with Gasteiger partial charge in [0, 0.05) is 25.3 Å². The number of aromatic nitrogens is 4. The van der Waals surface area contributed by atoms with Crippen LogP contribution in [0.2, 0.25) is 0 Å². The number of benzene rings is 1. The van der Waals surface area contributed by atoms with Crippen molar-refractivity contribution in [2.45, 2.75) is 55.0 Å². The number of nitrogens with one attached hydrogen (secondary N) is 1. The highest BCUT2D eigenvalue weighted by Gasteiger charge is 2.30. The van der Waals surface area contributed by atoms with Crippen molar-refractivity contribution < 1.29 is 17.9 Å². The Kier molecular flexibility index (Phi) is 5.82. The van der Waals surface area contributed by atoms with Gasteiger partial charge < -0.3 is 19.2 Å². The van der Waals surface area contributed by atoms with E-state index >= 15 is 0 Å². The quantitative estimate of drug-likeness (QED) is 0.446. The van der Waals surface area contributed by atoms with E-state index in [1.165, 1.54) is 30.7 Å². The Morgan fingerprint density at radius 2 is 1.78 bits per heavy atom. The van der Waals surface area contributed by atoms with Crippen LogP contribution in [0.1, 0.15) is 39.7 Å². The smallest absolute Gasteiger partial charge is 0.410 e. The van der Waals surface area contributed by atoms with Crippen molar-refractivity contribution in [2.75, 3.05) is 13.1 Å². The van der Waals surface area contributed by atoms with Crippen LogP contribution in [0.4, 0.5) is 4.79 Å². The maximum absolute atomic E-state index is 13.5. The van der Waals surface area contributed by atoms with Crippen LogP contribution in [0.15, 0.2) is 63.5 Å². The van der Waals surface area contributed by atoms with Crippen molar-refractivity contribution in [3.63, 3.8) is 0 Å². The molecule has 0 unspecified atom stereocenters. The van der Waals surface area contributed by atoms with Gasteiger partial charge in [-0.3, -0.25) is 4.79 Å². The molecule has 4 aromatic rings. The highest BCUT2D eigenvalue weighted by Crippen LogP contribution is 2.34. The van der Waals surface area contributed by atoms with E-state index in [1.54, 1.807) is 27.7 Å². The summed E-state index contributed by atoms with van der Waals surface area (Å²) in [5.41, 5.74) is 0.249. The van der Waals surface area contributed by atoms with E-state index in [4.69, 9.17) is 4.74 Å². The number of nitrogens with zero attached hydrogens (tertiary/aromatic N) is 4. The molecule has 0 radical (unpaired) electrons. The number of likely N-dealkylation sites (tertiary alicyclic amines) is 1. The van der Waals surface area contributed by atoms with E-state index in [-0.39, 0.29) is 27.5 Å². The molecule has 188 valence electrons. The zero-order valence-electron chi connectivity index (χ0n) is 20.3. The molecule has 36 heavy (non-hydrogen) atoms. The summed E-state index contributed by atoms with van der Waals surface area (Å²) in [5, 5.41) is 0.330. The Morgan fingerprint density at radius 3 is 2.44 bits per heavy atom. The standard InChI is InChI=1S/C25H27N5O5S/c1-25(2,3)35-24(32)29-11-9-16(10-12-29)30-20(31)15-26-18-13-27-23-21(22(18)30)19(14-28-23)36(33,34)17-7-5-4-6-8-17/h4-8,13-16H,9-12H2,1-3H3,(H,27,28). The third-order valence-corrected chi connectivity index (χ3v) is 8.03. The number of fused-ring (bicyclic) bond motifs is 3. The average Bonchev–Trinajstić information content (AvgIpc) is 3.29. The number of amides is 1. The largest absolute Gasteiger partial charge is 0.444 e. The molecule has 1 N–H and O–H groups in total. The highest BCUT2D eigenvalue weighted by molar-refractivity contribution is 7.91. The number of H-pyrrole nitrogens is 1. The minimum atomic E-state index is -3.90. The lowest BCUT2D eigenvalue weighted by atomic mass is 10.0. The van der Waals surface area contributed by atoms with E-state index in [9.17, 15) is 18.0 Å². The Hall–Kier alpha value is -3.73. The van der Waals surface area contributed by atoms with E-state index in [0.29, 0.717) is 48.0 Å². The lowest BCUT2D eigenvalue weighted by molar-refractivity contribution is 0.0189. The Balaban J connectivity index is 1.60. The molecular formula is C25H27N5O5S. The van der Waals surface area contributed by atoms with Crippen LogP contribution in [0, 0.1) is 0 Å². The molecule has 1 aliphatic heterocycles. The number of rotatable bonds is 3. The van der Waals surface area contributed by atoms with Crippen molar-refractivity contribution in [2.24, 2.45) is 0 Å². The van der Waals surface area contributed by atoms with Crippen LogP contribution in [-0.4, -0.2) is 57.6 Å². The summed E-state index contributed by atoms with van der Waals surface area (Å²) in [6.07, 6.45) is 4.79. The summed E-state index contributed by atoms with van der Waals surface area (Å²) >= 11 is 0. The van der Waals surface area contributed by atoms with Crippen LogP contribution >= 0.6 is 0 Å². The second-order valence-corrected chi connectivity index (χ2v) is 11.8. The molecule has 1 saturated heterocycles. The van der Waals surface area contributed by atoms with Gasteiger partial charge in [0.25, 0.3) is 5.56 Å². The molecule has 1 amide bonds. The van der Waals surface area contributed by atoms with Gasteiger partial charge in [0.1, 0.15) is 21.7 Å².